The molecule has 0 aromatic rings. The molecule has 0 aromatic carbocycles. The minimum Gasteiger partial charge on any atom is -0.379 e. The highest BCUT2D eigenvalue weighted by molar-refractivity contribution is 4.55. The summed E-state index contributed by atoms with van der Waals surface area (Å²) in [6.07, 6.45) is 4.98. The summed E-state index contributed by atoms with van der Waals surface area (Å²) in [6.45, 7) is 13.9. The summed E-state index contributed by atoms with van der Waals surface area (Å²) in [5.74, 6) is 0. The fourth-order valence-corrected chi connectivity index (χ4v) is 1.77. The van der Waals surface area contributed by atoms with Crippen molar-refractivity contribution in [2.24, 2.45) is 0 Å². The lowest BCUT2D eigenvalue weighted by Gasteiger charge is -2.20. The zero-order valence-electron chi connectivity index (χ0n) is 14.7. The summed E-state index contributed by atoms with van der Waals surface area (Å²) < 4.78 is 22.6. The third-order valence-electron chi connectivity index (χ3n) is 3.08. The zero-order valence-corrected chi connectivity index (χ0v) is 14.7. The van der Waals surface area contributed by atoms with Gasteiger partial charge in [-0.25, -0.2) is 0 Å². The van der Waals surface area contributed by atoms with Crippen molar-refractivity contribution in [1.29, 1.82) is 0 Å². The van der Waals surface area contributed by atoms with Crippen molar-refractivity contribution in [2.45, 2.75) is 78.6 Å². The van der Waals surface area contributed by atoms with E-state index >= 15 is 0 Å². The summed E-state index contributed by atoms with van der Waals surface area (Å²) in [7, 11) is 0. The second kappa shape index (κ2) is 14.8. The molecule has 0 saturated carbocycles. The molecule has 0 aliphatic carbocycles. The van der Waals surface area contributed by atoms with E-state index in [2.05, 4.69) is 13.8 Å². The van der Waals surface area contributed by atoms with Crippen molar-refractivity contribution in [2.75, 3.05) is 33.0 Å². The van der Waals surface area contributed by atoms with Crippen LogP contribution in [0.4, 0.5) is 0 Å². The molecule has 0 amide bonds. The Morgan fingerprint density at radius 2 is 1.19 bits per heavy atom. The number of hydrogen-bond acceptors (Lipinski definition) is 4. The van der Waals surface area contributed by atoms with Crippen molar-refractivity contribution in [3.05, 3.63) is 0 Å². The topological polar surface area (TPSA) is 36.9 Å². The lowest BCUT2D eigenvalue weighted by atomic mass is 10.3. The van der Waals surface area contributed by atoms with Gasteiger partial charge < -0.3 is 18.9 Å². The van der Waals surface area contributed by atoms with Crippen molar-refractivity contribution >= 4 is 0 Å². The van der Waals surface area contributed by atoms with Gasteiger partial charge in [-0.15, -0.1) is 0 Å². The van der Waals surface area contributed by atoms with Crippen LogP contribution < -0.4 is 0 Å². The van der Waals surface area contributed by atoms with Gasteiger partial charge >= 0.3 is 0 Å². The fraction of sp³-hybridized carbons (Fsp3) is 1.00. The first-order valence-electron chi connectivity index (χ1n) is 8.52. The molecule has 21 heavy (non-hydrogen) atoms. The Morgan fingerprint density at radius 1 is 0.619 bits per heavy atom. The van der Waals surface area contributed by atoms with Crippen LogP contribution in [0.15, 0.2) is 0 Å². The van der Waals surface area contributed by atoms with Gasteiger partial charge in [-0.05, 0) is 33.6 Å². The van der Waals surface area contributed by atoms with Gasteiger partial charge in [0.1, 0.15) is 0 Å². The van der Waals surface area contributed by atoms with Gasteiger partial charge in [0.15, 0.2) is 0 Å². The normalized spacial score (nSPS) is 15.9. The van der Waals surface area contributed by atoms with Crippen LogP contribution in [0.5, 0.6) is 0 Å². The number of hydrogen-bond donors (Lipinski definition) is 0. The Kier molecular flexibility index (Phi) is 14.7. The summed E-state index contributed by atoms with van der Waals surface area (Å²) in [5, 5.41) is 0. The van der Waals surface area contributed by atoms with Crippen LogP contribution in [0, 0.1) is 0 Å². The number of rotatable bonds is 15. The van der Waals surface area contributed by atoms with E-state index in [4.69, 9.17) is 18.9 Å². The standard InChI is InChI=1S/C17H36O4/c1-6-8-9-11-18-12-15(3)20-14-17(5)21-13-16(4)19-10-7-2/h15-17H,6-14H2,1-5H3. The van der Waals surface area contributed by atoms with E-state index in [-0.39, 0.29) is 18.3 Å². The number of ether oxygens (including phenoxy) is 4. The summed E-state index contributed by atoms with van der Waals surface area (Å²) in [6, 6.07) is 0. The Bertz CT molecular complexity index is 211. The molecule has 0 aliphatic rings. The molecule has 0 aromatic heterocycles. The molecule has 0 rings (SSSR count). The van der Waals surface area contributed by atoms with Gasteiger partial charge in [0.25, 0.3) is 0 Å². The van der Waals surface area contributed by atoms with Crippen LogP contribution in [-0.4, -0.2) is 51.3 Å². The van der Waals surface area contributed by atoms with Crippen molar-refractivity contribution < 1.29 is 18.9 Å². The molecule has 4 nitrogen and oxygen atoms in total. The van der Waals surface area contributed by atoms with Gasteiger partial charge in [-0.3, -0.25) is 0 Å². The third kappa shape index (κ3) is 14.5. The first-order chi connectivity index (χ1) is 10.1. The molecule has 0 saturated heterocycles. The monoisotopic (exact) mass is 304 g/mol. The predicted molar refractivity (Wildman–Crippen MR) is 86.9 cm³/mol. The Morgan fingerprint density at radius 3 is 1.76 bits per heavy atom. The fourth-order valence-electron chi connectivity index (χ4n) is 1.77. The molecule has 0 spiro atoms. The molecule has 3 atom stereocenters. The highest BCUT2D eigenvalue weighted by Gasteiger charge is 2.09. The van der Waals surface area contributed by atoms with E-state index in [1.165, 1.54) is 12.8 Å². The van der Waals surface area contributed by atoms with Gasteiger partial charge in [-0.1, -0.05) is 26.7 Å². The maximum absolute atomic E-state index is 5.73. The minimum absolute atomic E-state index is 0.0835. The summed E-state index contributed by atoms with van der Waals surface area (Å²) in [4.78, 5) is 0. The van der Waals surface area contributed by atoms with Crippen LogP contribution in [0.2, 0.25) is 0 Å². The Labute approximate surface area is 131 Å². The first-order valence-corrected chi connectivity index (χ1v) is 8.52. The van der Waals surface area contributed by atoms with Crippen LogP contribution in [0.3, 0.4) is 0 Å². The molecule has 128 valence electrons. The van der Waals surface area contributed by atoms with E-state index in [9.17, 15) is 0 Å². The van der Waals surface area contributed by atoms with Gasteiger partial charge in [0.05, 0.1) is 38.1 Å². The van der Waals surface area contributed by atoms with E-state index in [0.29, 0.717) is 19.8 Å². The molecule has 4 heteroatoms. The summed E-state index contributed by atoms with van der Waals surface area (Å²) >= 11 is 0. The smallest absolute Gasteiger partial charge is 0.0781 e. The molecule has 0 N–H and O–H groups in total. The molecule has 0 heterocycles. The zero-order chi connectivity index (χ0) is 15.9. The van der Waals surface area contributed by atoms with Crippen LogP contribution in [-0.2, 0) is 18.9 Å². The van der Waals surface area contributed by atoms with E-state index in [0.717, 1.165) is 26.1 Å². The lowest BCUT2D eigenvalue weighted by molar-refractivity contribution is -0.0798. The quantitative estimate of drug-likeness (QED) is 0.431. The molecule has 0 aliphatic heterocycles. The van der Waals surface area contributed by atoms with Crippen LogP contribution in [0.25, 0.3) is 0 Å². The highest BCUT2D eigenvalue weighted by atomic mass is 16.6. The summed E-state index contributed by atoms with van der Waals surface area (Å²) in [5.41, 5.74) is 0. The van der Waals surface area contributed by atoms with E-state index in [1.54, 1.807) is 0 Å². The third-order valence-corrected chi connectivity index (χ3v) is 3.08. The Balaban J connectivity index is 3.47. The van der Waals surface area contributed by atoms with Gasteiger partial charge in [0.2, 0.25) is 0 Å². The molecule has 0 bridgehead atoms. The number of unbranched alkanes of at least 4 members (excludes halogenated alkanes) is 2. The Hall–Kier alpha value is -0.160. The average molecular weight is 304 g/mol. The van der Waals surface area contributed by atoms with E-state index < -0.39 is 0 Å². The van der Waals surface area contributed by atoms with Gasteiger partial charge in [0, 0.05) is 13.2 Å². The minimum atomic E-state index is 0.0835. The second-order valence-corrected chi connectivity index (χ2v) is 5.75. The largest absolute Gasteiger partial charge is 0.379 e. The molecular formula is C17H36O4. The van der Waals surface area contributed by atoms with Gasteiger partial charge in [-0.2, -0.15) is 0 Å². The average Bonchev–Trinajstić information content (AvgIpc) is 2.48. The second-order valence-electron chi connectivity index (χ2n) is 5.75. The van der Waals surface area contributed by atoms with Crippen molar-refractivity contribution in [3.8, 4) is 0 Å². The van der Waals surface area contributed by atoms with Crippen molar-refractivity contribution in [3.63, 3.8) is 0 Å². The predicted octanol–water partition coefficient (Wildman–Crippen LogP) is 3.82. The maximum Gasteiger partial charge on any atom is 0.0781 e. The molecular weight excluding hydrogens is 268 g/mol. The molecule has 3 unspecified atom stereocenters. The maximum atomic E-state index is 5.73. The molecule has 0 radical (unpaired) electrons. The SMILES string of the molecule is CCCCCOCC(C)OCC(C)OCC(C)OCCC. The van der Waals surface area contributed by atoms with Crippen LogP contribution >= 0.6 is 0 Å². The van der Waals surface area contributed by atoms with Crippen LogP contribution in [0.1, 0.15) is 60.3 Å². The highest BCUT2D eigenvalue weighted by Crippen LogP contribution is 2.02. The lowest BCUT2D eigenvalue weighted by Crippen LogP contribution is -2.26. The van der Waals surface area contributed by atoms with Crippen molar-refractivity contribution in [1.82, 2.24) is 0 Å². The van der Waals surface area contributed by atoms with E-state index in [1.807, 2.05) is 20.8 Å². The first kappa shape index (κ1) is 20.8. The molecule has 0 fully saturated rings.